The van der Waals surface area contributed by atoms with Crippen LogP contribution in [0.5, 0.6) is 17.2 Å². The smallest absolute Gasteiger partial charge is 0.235 e. The Balaban J connectivity index is 1.74. The fourth-order valence-electron chi connectivity index (χ4n) is 4.31. The van der Waals surface area contributed by atoms with Crippen molar-refractivity contribution in [3.63, 3.8) is 0 Å². The first kappa shape index (κ1) is 18.9. The maximum absolute atomic E-state index is 13.3. The molecule has 31 heavy (non-hydrogen) atoms. The molecule has 1 aliphatic carbocycles. The van der Waals surface area contributed by atoms with Crippen LogP contribution in [0.3, 0.4) is 0 Å². The number of ether oxygens (including phenoxy) is 2. The Morgan fingerprint density at radius 1 is 1.19 bits per heavy atom. The van der Waals surface area contributed by atoms with E-state index in [4.69, 9.17) is 9.47 Å². The molecule has 0 radical (unpaired) electrons. The van der Waals surface area contributed by atoms with Crippen molar-refractivity contribution in [3.05, 3.63) is 69.6 Å². The van der Waals surface area contributed by atoms with Crippen LogP contribution >= 0.6 is 0 Å². The number of aromatic nitrogens is 1. The molecule has 0 bridgehead atoms. The molecule has 2 aliphatic heterocycles. The second-order valence-electron chi connectivity index (χ2n) is 7.83. The van der Waals surface area contributed by atoms with Gasteiger partial charge in [0.05, 0.1) is 5.56 Å². The lowest BCUT2D eigenvalue weighted by Gasteiger charge is -2.27. The highest BCUT2D eigenvalue weighted by Crippen LogP contribution is 2.59. The maximum atomic E-state index is 13.3. The maximum Gasteiger partial charge on any atom is 0.235 e. The zero-order chi connectivity index (χ0) is 22.2. The van der Waals surface area contributed by atoms with Crippen molar-refractivity contribution in [2.75, 3.05) is 0 Å². The van der Waals surface area contributed by atoms with Gasteiger partial charge in [-0.15, -0.1) is 0 Å². The van der Waals surface area contributed by atoms with Crippen LogP contribution in [0.1, 0.15) is 41.0 Å². The number of carbonyl (C=O) groups is 3. The molecule has 3 heterocycles. The number of allylic oxidation sites excluding steroid dienone is 4. The topological polar surface area (TPSA) is 126 Å². The number of rotatable bonds is 2. The normalized spacial score (nSPS) is 22.7. The summed E-state index contributed by atoms with van der Waals surface area (Å²) in [4.78, 5) is 41.4. The largest absolute Gasteiger partial charge is 0.507 e. The summed E-state index contributed by atoms with van der Waals surface area (Å²) in [5.41, 5.74) is -0.886. The van der Waals surface area contributed by atoms with Crippen molar-refractivity contribution in [1.82, 2.24) is 4.98 Å². The highest BCUT2D eigenvalue weighted by Gasteiger charge is 2.56. The van der Waals surface area contributed by atoms with E-state index in [2.05, 4.69) is 4.98 Å². The molecular formula is C23H17NO7. The number of nitrogens with one attached hydrogen (secondary N) is 1. The number of ketones is 3. The van der Waals surface area contributed by atoms with Crippen LogP contribution in [0, 0.1) is 6.92 Å². The summed E-state index contributed by atoms with van der Waals surface area (Å²) in [6, 6.07) is 3.53. The van der Waals surface area contributed by atoms with Crippen molar-refractivity contribution in [3.8, 4) is 17.2 Å². The number of aliphatic hydroxyl groups is 1. The molecule has 1 atom stereocenters. The third kappa shape index (κ3) is 2.27. The van der Waals surface area contributed by atoms with Gasteiger partial charge in [-0.2, -0.15) is 0 Å². The highest BCUT2D eigenvalue weighted by atomic mass is 16.5. The molecule has 3 N–H and O–H groups in total. The fraction of sp³-hybridized carbons (Fsp3) is 0.174. The molecule has 0 fully saturated rings. The van der Waals surface area contributed by atoms with E-state index in [1.165, 1.54) is 26.0 Å². The molecular weight excluding hydrogens is 402 g/mol. The van der Waals surface area contributed by atoms with Crippen LogP contribution in [0.4, 0.5) is 0 Å². The van der Waals surface area contributed by atoms with Crippen LogP contribution in [0.15, 0.2) is 47.3 Å². The average Bonchev–Trinajstić information content (AvgIpc) is 3.39. The van der Waals surface area contributed by atoms with Gasteiger partial charge in [0, 0.05) is 29.6 Å². The minimum atomic E-state index is -1.57. The number of hydrogen-bond donors (Lipinski definition) is 3. The van der Waals surface area contributed by atoms with E-state index >= 15 is 0 Å². The lowest BCUT2D eigenvalue weighted by atomic mass is 9.71. The van der Waals surface area contributed by atoms with E-state index in [9.17, 15) is 24.6 Å². The molecule has 3 aliphatic rings. The number of fused-ring (bicyclic) bond motifs is 5. The summed E-state index contributed by atoms with van der Waals surface area (Å²) < 4.78 is 11.6. The standard InChI is InChI=1S/C23H17NO7/c1-9-18(27)17-21(16-19(28)13(30-20(9)16)7-11-5-4-6-24-11)31-14-8-12(26)15(10(2)25)22(29)23(14,17)3/h4-8,24,26-27H,1-3H3/b13-7-/t23-/m0/s1. The van der Waals surface area contributed by atoms with Gasteiger partial charge in [0.15, 0.2) is 23.1 Å². The van der Waals surface area contributed by atoms with Crippen molar-refractivity contribution < 1.29 is 34.1 Å². The van der Waals surface area contributed by atoms with Crippen LogP contribution in [-0.4, -0.2) is 32.5 Å². The molecule has 1 aromatic heterocycles. The molecule has 0 amide bonds. The van der Waals surface area contributed by atoms with Gasteiger partial charge < -0.3 is 24.7 Å². The lowest BCUT2D eigenvalue weighted by molar-refractivity contribution is -0.123. The second-order valence-corrected chi connectivity index (χ2v) is 7.83. The van der Waals surface area contributed by atoms with Gasteiger partial charge in [0.25, 0.3) is 0 Å². The summed E-state index contributed by atoms with van der Waals surface area (Å²) in [7, 11) is 0. The number of hydrogen-bond acceptors (Lipinski definition) is 7. The molecule has 8 nitrogen and oxygen atoms in total. The summed E-state index contributed by atoms with van der Waals surface area (Å²) in [5.74, 6) is -2.40. The van der Waals surface area contributed by atoms with Crippen molar-refractivity contribution in [2.24, 2.45) is 0 Å². The van der Waals surface area contributed by atoms with Gasteiger partial charge in [-0.05, 0) is 32.9 Å². The Morgan fingerprint density at radius 3 is 2.58 bits per heavy atom. The first-order valence-corrected chi connectivity index (χ1v) is 9.52. The number of aromatic amines is 1. The minimum absolute atomic E-state index is 0.0160. The Labute approximate surface area is 176 Å². The molecule has 156 valence electrons. The van der Waals surface area contributed by atoms with Crippen LogP contribution in [0.25, 0.3) is 6.08 Å². The number of benzene rings is 1. The van der Waals surface area contributed by atoms with E-state index in [0.717, 1.165) is 0 Å². The van der Waals surface area contributed by atoms with Gasteiger partial charge in [0.1, 0.15) is 39.6 Å². The Kier molecular flexibility index (Phi) is 3.65. The second kappa shape index (κ2) is 5.98. The number of carbonyl (C=O) groups excluding carboxylic acids is 3. The van der Waals surface area contributed by atoms with Gasteiger partial charge >= 0.3 is 0 Å². The van der Waals surface area contributed by atoms with Crippen molar-refractivity contribution in [1.29, 1.82) is 0 Å². The average molecular weight is 419 g/mol. The van der Waals surface area contributed by atoms with Gasteiger partial charge in [-0.25, -0.2) is 0 Å². The zero-order valence-corrected chi connectivity index (χ0v) is 16.8. The Hall–Kier alpha value is -4.07. The van der Waals surface area contributed by atoms with Gasteiger partial charge in [-0.1, -0.05) is 0 Å². The van der Waals surface area contributed by atoms with Gasteiger partial charge in [-0.3, -0.25) is 14.4 Å². The molecule has 0 spiro atoms. The predicted octanol–water partition coefficient (Wildman–Crippen LogP) is 3.16. The van der Waals surface area contributed by atoms with Crippen LogP contribution < -0.4 is 9.47 Å². The molecule has 0 saturated carbocycles. The van der Waals surface area contributed by atoms with Gasteiger partial charge in [0.2, 0.25) is 5.78 Å². The monoisotopic (exact) mass is 419 g/mol. The number of aliphatic hydroxyl groups excluding tert-OH is 1. The van der Waals surface area contributed by atoms with Crippen LogP contribution in [0.2, 0.25) is 0 Å². The molecule has 1 aromatic carbocycles. The zero-order valence-electron chi connectivity index (χ0n) is 16.8. The number of aromatic hydroxyl groups is 1. The number of phenolic OH excluding ortho intramolecular Hbond substituents is 1. The van der Waals surface area contributed by atoms with E-state index < -0.39 is 28.5 Å². The van der Waals surface area contributed by atoms with E-state index in [1.807, 2.05) is 0 Å². The first-order valence-electron chi connectivity index (χ1n) is 9.52. The SMILES string of the molecule is CC(=O)C1=C(O)C=C2Oc3c4c(c(C)c(O)c3[C@@]2(C)C1=O)O/C(=C\c1ccc[nH]1)C4=O. The Morgan fingerprint density at radius 2 is 1.94 bits per heavy atom. The van der Waals surface area contributed by atoms with E-state index in [1.54, 1.807) is 25.3 Å². The third-order valence-corrected chi connectivity index (χ3v) is 5.95. The summed E-state index contributed by atoms with van der Waals surface area (Å²) in [5, 5.41) is 21.2. The van der Waals surface area contributed by atoms with Crippen molar-refractivity contribution >= 4 is 23.4 Å². The first-order chi connectivity index (χ1) is 14.7. The quantitative estimate of drug-likeness (QED) is 0.504. The molecule has 8 heteroatoms. The van der Waals surface area contributed by atoms with E-state index in [0.29, 0.717) is 5.69 Å². The summed E-state index contributed by atoms with van der Waals surface area (Å²) >= 11 is 0. The van der Waals surface area contributed by atoms with E-state index in [-0.39, 0.29) is 51.0 Å². The van der Waals surface area contributed by atoms with Crippen LogP contribution in [-0.2, 0) is 15.0 Å². The Bertz CT molecular complexity index is 1320. The fourth-order valence-corrected chi connectivity index (χ4v) is 4.31. The third-order valence-electron chi connectivity index (χ3n) is 5.95. The molecule has 0 saturated heterocycles. The highest BCUT2D eigenvalue weighted by molar-refractivity contribution is 6.26. The number of H-pyrrole nitrogens is 1. The predicted molar refractivity (Wildman–Crippen MR) is 108 cm³/mol. The number of Topliss-reactive ketones (excluding diaryl/α,β-unsaturated/α-hetero) is 3. The minimum Gasteiger partial charge on any atom is -0.507 e. The van der Waals surface area contributed by atoms with Crippen molar-refractivity contribution in [2.45, 2.75) is 26.2 Å². The molecule has 2 aromatic rings. The summed E-state index contributed by atoms with van der Waals surface area (Å²) in [6.07, 6.45) is 4.41. The lowest BCUT2D eigenvalue weighted by Crippen LogP contribution is -2.38. The number of phenols is 1. The molecule has 0 unspecified atom stereocenters. The summed E-state index contributed by atoms with van der Waals surface area (Å²) in [6.45, 7) is 4.23. The molecule has 5 rings (SSSR count).